The van der Waals surface area contributed by atoms with Crippen LogP contribution in [0.25, 0.3) is 22.2 Å². The van der Waals surface area contributed by atoms with Gasteiger partial charge in [0, 0.05) is 36.3 Å². The summed E-state index contributed by atoms with van der Waals surface area (Å²) in [5.74, 6) is 0.418. The highest BCUT2D eigenvalue weighted by molar-refractivity contribution is 5.92. The SMILES string of the molecule is CC1(O)CCCN(c2nc(OCC34CCCNC3CCC4)nc3c(F)c(-c4cc(O)ccc4C4CCC4)ncc23)C1. The Balaban J connectivity index is 1.32. The molecule has 9 heteroatoms. The average Bonchev–Trinajstić information content (AvgIpc) is 3.36. The highest BCUT2D eigenvalue weighted by Gasteiger charge is 2.45. The van der Waals surface area contributed by atoms with Gasteiger partial charge in [0.1, 0.15) is 22.8 Å². The van der Waals surface area contributed by atoms with Gasteiger partial charge in [0.05, 0.1) is 17.6 Å². The molecule has 0 bridgehead atoms. The summed E-state index contributed by atoms with van der Waals surface area (Å²) >= 11 is 0. The number of pyridine rings is 1. The molecule has 3 N–H and O–H groups in total. The predicted molar refractivity (Wildman–Crippen MR) is 156 cm³/mol. The number of halogens is 1. The minimum Gasteiger partial charge on any atom is -0.508 e. The monoisotopic (exact) mass is 561 g/mol. The first-order chi connectivity index (χ1) is 19.8. The third-order valence-corrected chi connectivity index (χ3v) is 10.1. The summed E-state index contributed by atoms with van der Waals surface area (Å²) in [6.07, 6.45) is 12.0. The van der Waals surface area contributed by atoms with Crippen molar-refractivity contribution in [1.82, 2.24) is 20.3 Å². The number of hydrogen-bond donors (Lipinski definition) is 3. The van der Waals surface area contributed by atoms with Crippen molar-refractivity contribution in [3.63, 3.8) is 0 Å². The molecule has 2 saturated heterocycles. The second-order valence-electron chi connectivity index (χ2n) is 13.1. The molecule has 0 radical (unpaired) electrons. The van der Waals surface area contributed by atoms with E-state index < -0.39 is 11.4 Å². The third kappa shape index (κ3) is 4.91. The molecule has 7 rings (SSSR count). The van der Waals surface area contributed by atoms with Gasteiger partial charge >= 0.3 is 6.01 Å². The van der Waals surface area contributed by atoms with E-state index >= 15 is 4.39 Å². The molecule has 41 heavy (non-hydrogen) atoms. The molecule has 0 amide bonds. The quantitative estimate of drug-likeness (QED) is 0.365. The maximum atomic E-state index is 16.6. The summed E-state index contributed by atoms with van der Waals surface area (Å²) in [5.41, 5.74) is 1.14. The smallest absolute Gasteiger partial charge is 0.319 e. The van der Waals surface area contributed by atoms with E-state index in [1.165, 1.54) is 6.42 Å². The fourth-order valence-corrected chi connectivity index (χ4v) is 7.67. The van der Waals surface area contributed by atoms with Gasteiger partial charge in [-0.2, -0.15) is 9.97 Å². The van der Waals surface area contributed by atoms with Crippen LogP contribution in [0.4, 0.5) is 10.2 Å². The molecule has 1 aromatic carbocycles. The molecule has 2 saturated carbocycles. The molecule has 4 aliphatic rings. The van der Waals surface area contributed by atoms with E-state index in [0.29, 0.717) is 54.8 Å². The Kier molecular flexibility index (Phi) is 6.77. The number of aromatic hydroxyl groups is 1. The van der Waals surface area contributed by atoms with Crippen molar-refractivity contribution in [2.75, 3.05) is 31.1 Å². The van der Waals surface area contributed by atoms with Crippen LogP contribution in [0.2, 0.25) is 0 Å². The van der Waals surface area contributed by atoms with Gasteiger partial charge in [-0.15, -0.1) is 0 Å². The Morgan fingerprint density at radius 1 is 1.10 bits per heavy atom. The van der Waals surface area contributed by atoms with Crippen molar-refractivity contribution in [3.05, 3.63) is 35.8 Å². The molecule has 3 aromatic rings. The molecule has 8 nitrogen and oxygen atoms in total. The van der Waals surface area contributed by atoms with Gasteiger partial charge < -0.3 is 25.2 Å². The van der Waals surface area contributed by atoms with Crippen LogP contribution < -0.4 is 15.0 Å². The van der Waals surface area contributed by atoms with Crippen LogP contribution in [0.5, 0.6) is 11.8 Å². The highest BCUT2D eigenvalue weighted by Crippen LogP contribution is 2.46. The third-order valence-electron chi connectivity index (χ3n) is 10.1. The van der Waals surface area contributed by atoms with E-state index in [2.05, 4.69) is 15.3 Å². The number of aliphatic hydroxyl groups is 1. The van der Waals surface area contributed by atoms with Gasteiger partial charge in [-0.1, -0.05) is 18.9 Å². The number of piperidine rings is 2. The number of fused-ring (bicyclic) bond motifs is 2. The van der Waals surface area contributed by atoms with Crippen molar-refractivity contribution in [3.8, 4) is 23.0 Å². The van der Waals surface area contributed by atoms with Crippen LogP contribution in [0, 0.1) is 11.2 Å². The van der Waals surface area contributed by atoms with Crippen molar-refractivity contribution < 1.29 is 19.3 Å². The minimum atomic E-state index is -0.870. The Labute approximate surface area is 240 Å². The highest BCUT2D eigenvalue weighted by atomic mass is 19.1. The summed E-state index contributed by atoms with van der Waals surface area (Å²) in [6, 6.07) is 5.76. The number of anilines is 1. The number of ether oxygens (including phenoxy) is 1. The number of nitrogens with one attached hydrogen (secondary N) is 1. The zero-order chi connectivity index (χ0) is 28.2. The van der Waals surface area contributed by atoms with Gasteiger partial charge in [0.15, 0.2) is 5.82 Å². The number of phenols is 1. The Morgan fingerprint density at radius 3 is 2.76 bits per heavy atom. The van der Waals surface area contributed by atoms with Crippen molar-refractivity contribution in [2.45, 2.75) is 88.7 Å². The van der Waals surface area contributed by atoms with Gasteiger partial charge in [-0.05, 0) is 88.4 Å². The fraction of sp³-hybridized carbons (Fsp3) is 0.594. The molecule has 2 aliphatic carbocycles. The lowest BCUT2D eigenvalue weighted by atomic mass is 9.76. The maximum Gasteiger partial charge on any atom is 0.319 e. The number of nitrogens with zero attached hydrogens (tertiary/aromatic N) is 4. The molecule has 4 heterocycles. The Hall–Kier alpha value is -3.04. The Morgan fingerprint density at radius 2 is 1.95 bits per heavy atom. The summed E-state index contributed by atoms with van der Waals surface area (Å²) in [7, 11) is 0. The van der Waals surface area contributed by atoms with E-state index in [9.17, 15) is 10.2 Å². The number of benzene rings is 1. The van der Waals surface area contributed by atoms with Crippen molar-refractivity contribution in [2.24, 2.45) is 5.41 Å². The van der Waals surface area contributed by atoms with Gasteiger partial charge in [0.25, 0.3) is 0 Å². The average molecular weight is 562 g/mol. The zero-order valence-corrected chi connectivity index (χ0v) is 23.8. The largest absolute Gasteiger partial charge is 0.508 e. The number of hydrogen-bond acceptors (Lipinski definition) is 8. The summed E-state index contributed by atoms with van der Waals surface area (Å²) in [5, 5.41) is 25.4. The second-order valence-corrected chi connectivity index (χ2v) is 13.1. The lowest BCUT2D eigenvalue weighted by Crippen LogP contribution is -2.49. The molecular weight excluding hydrogens is 521 g/mol. The number of aromatic nitrogens is 3. The van der Waals surface area contributed by atoms with E-state index in [-0.39, 0.29) is 28.4 Å². The first-order valence-electron chi connectivity index (χ1n) is 15.4. The van der Waals surface area contributed by atoms with E-state index in [1.807, 2.05) is 17.9 Å². The summed E-state index contributed by atoms with van der Waals surface area (Å²) in [4.78, 5) is 16.1. The van der Waals surface area contributed by atoms with E-state index in [1.54, 1.807) is 18.3 Å². The molecule has 3 atom stereocenters. The normalized spacial score (nSPS) is 28.5. The van der Waals surface area contributed by atoms with E-state index in [0.717, 1.165) is 63.5 Å². The number of phenolic OH excluding ortho intramolecular Hbond substituents is 1. The first kappa shape index (κ1) is 26.8. The summed E-state index contributed by atoms with van der Waals surface area (Å²) in [6.45, 7) is 4.44. The van der Waals surface area contributed by atoms with Gasteiger partial charge in [-0.3, -0.25) is 4.98 Å². The first-order valence-corrected chi connectivity index (χ1v) is 15.4. The zero-order valence-electron chi connectivity index (χ0n) is 23.8. The number of β-amino-alcohol motifs (C(OH)–C–C–N with tert-alkyl or cyclic N) is 1. The van der Waals surface area contributed by atoms with Gasteiger partial charge in [-0.25, -0.2) is 4.39 Å². The fourth-order valence-electron chi connectivity index (χ4n) is 7.67. The summed E-state index contributed by atoms with van der Waals surface area (Å²) < 4.78 is 22.9. The lowest BCUT2D eigenvalue weighted by molar-refractivity contribution is 0.0446. The van der Waals surface area contributed by atoms with Crippen molar-refractivity contribution in [1.29, 1.82) is 0 Å². The molecule has 2 aliphatic heterocycles. The molecule has 0 spiro atoms. The van der Waals surface area contributed by atoms with Crippen LogP contribution in [0.1, 0.15) is 82.6 Å². The lowest BCUT2D eigenvalue weighted by Gasteiger charge is -2.40. The van der Waals surface area contributed by atoms with Crippen LogP contribution in [-0.4, -0.2) is 63.0 Å². The number of rotatable bonds is 6. The predicted octanol–water partition coefficient (Wildman–Crippen LogP) is 5.46. The molecule has 4 fully saturated rings. The van der Waals surface area contributed by atoms with Crippen molar-refractivity contribution >= 4 is 16.7 Å². The second kappa shape index (κ2) is 10.3. The molecule has 3 unspecified atom stereocenters. The minimum absolute atomic E-state index is 0.0483. The molecular formula is C32H40FN5O3. The standard InChI is InChI=1S/C32H40FN5O3/c1-31(40)11-5-15-38(18-31)29-24-17-35-27(23-16-21(39)9-10-22(23)20-6-2-7-20)26(33)28(24)36-30(37-29)41-19-32-12-3-8-25(32)34-14-4-13-32/h9-10,16-17,20,25,34,39-40H,2-8,11-15,18-19H2,1H3. The molecule has 2 aromatic heterocycles. The molecule has 218 valence electrons. The van der Waals surface area contributed by atoms with Crippen LogP contribution in [-0.2, 0) is 0 Å². The topological polar surface area (TPSA) is 104 Å². The van der Waals surface area contributed by atoms with Gasteiger partial charge in [0.2, 0.25) is 0 Å². The Bertz CT molecular complexity index is 1460. The van der Waals surface area contributed by atoms with E-state index in [4.69, 9.17) is 9.72 Å². The maximum absolute atomic E-state index is 16.6. The van der Waals surface area contributed by atoms with Crippen LogP contribution >= 0.6 is 0 Å². The van der Waals surface area contributed by atoms with Crippen LogP contribution in [0.15, 0.2) is 24.4 Å². The van der Waals surface area contributed by atoms with Crippen LogP contribution in [0.3, 0.4) is 0 Å².